The lowest BCUT2D eigenvalue weighted by atomic mass is 10.0. The molecule has 1 amide bonds. The SMILES string of the molecule is CCc1cc(N2CCN(CC(=O)N3CCCc4ccccc43)CC2)nc(-c2ccccn2)n1. The summed E-state index contributed by atoms with van der Waals surface area (Å²) in [4.78, 5) is 33.6. The third kappa shape index (κ3) is 4.73. The molecule has 0 N–H and O–H groups in total. The first-order chi connectivity index (χ1) is 16.2. The topological polar surface area (TPSA) is 65.5 Å². The molecule has 0 saturated carbocycles. The van der Waals surface area contributed by atoms with Crippen LogP contribution < -0.4 is 9.80 Å². The zero-order valence-corrected chi connectivity index (χ0v) is 19.2. The lowest BCUT2D eigenvalue weighted by Crippen LogP contribution is -2.51. The van der Waals surface area contributed by atoms with Crippen LogP contribution in [0.3, 0.4) is 0 Å². The number of fused-ring (bicyclic) bond motifs is 1. The van der Waals surface area contributed by atoms with E-state index in [1.807, 2.05) is 29.2 Å². The lowest BCUT2D eigenvalue weighted by Gasteiger charge is -2.37. The number of hydrogen-bond donors (Lipinski definition) is 0. The molecule has 1 saturated heterocycles. The fourth-order valence-corrected chi connectivity index (χ4v) is 4.64. The number of hydrogen-bond acceptors (Lipinski definition) is 6. The van der Waals surface area contributed by atoms with Gasteiger partial charge in [0.15, 0.2) is 5.82 Å². The van der Waals surface area contributed by atoms with E-state index in [0.29, 0.717) is 12.4 Å². The third-order valence-electron chi connectivity index (χ3n) is 6.49. The van der Waals surface area contributed by atoms with E-state index in [-0.39, 0.29) is 5.91 Å². The normalized spacial score (nSPS) is 16.5. The number of pyridine rings is 1. The van der Waals surface area contributed by atoms with Gasteiger partial charge in [-0.2, -0.15) is 0 Å². The molecule has 5 rings (SSSR count). The number of amides is 1. The van der Waals surface area contributed by atoms with Crippen LogP contribution in [0.1, 0.15) is 24.6 Å². The molecule has 7 heteroatoms. The van der Waals surface area contributed by atoms with Crippen LogP contribution in [0.5, 0.6) is 0 Å². The summed E-state index contributed by atoms with van der Waals surface area (Å²) < 4.78 is 0. The van der Waals surface area contributed by atoms with Gasteiger partial charge in [-0.1, -0.05) is 31.2 Å². The van der Waals surface area contributed by atoms with E-state index in [4.69, 9.17) is 4.98 Å². The molecule has 0 unspecified atom stereocenters. The fraction of sp³-hybridized carbons (Fsp3) is 0.385. The Morgan fingerprint density at radius 1 is 0.970 bits per heavy atom. The van der Waals surface area contributed by atoms with Crippen LogP contribution in [0.15, 0.2) is 54.7 Å². The van der Waals surface area contributed by atoms with Crippen LogP contribution in [0.25, 0.3) is 11.5 Å². The number of anilines is 2. The van der Waals surface area contributed by atoms with Crippen LogP contribution >= 0.6 is 0 Å². The largest absolute Gasteiger partial charge is 0.354 e. The highest BCUT2D eigenvalue weighted by Crippen LogP contribution is 2.27. The van der Waals surface area contributed by atoms with Gasteiger partial charge in [-0.05, 0) is 43.0 Å². The van der Waals surface area contributed by atoms with Gasteiger partial charge in [0.1, 0.15) is 11.5 Å². The summed E-state index contributed by atoms with van der Waals surface area (Å²) in [5, 5.41) is 0. The zero-order chi connectivity index (χ0) is 22.6. The van der Waals surface area contributed by atoms with Crippen molar-refractivity contribution >= 4 is 17.4 Å². The molecule has 33 heavy (non-hydrogen) atoms. The predicted molar refractivity (Wildman–Crippen MR) is 130 cm³/mol. The predicted octanol–water partition coefficient (Wildman–Crippen LogP) is 3.20. The number of rotatable bonds is 5. The minimum absolute atomic E-state index is 0.198. The first kappa shape index (κ1) is 21.5. The van der Waals surface area contributed by atoms with Crippen LogP contribution in [-0.4, -0.2) is 65.0 Å². The molecular weight excluding hydrogens is 412 g/mol. The Morgan fingerprint density at radius 2 is 1.79 bits per heavy atom. The molecule has 7 nitrogen and oxygen atoms in total. The summed E-state index contributed by atoms with van der Waals surface area (Å²) in [6.45, 7) is 6.74. The molecule has 0 radical (unpaired) electrons. The number of benzene rings is 1. The van der Waals surface area contributed by atoms with Crippen LogP contribution in [0.4, 0.5) is 11.5 Å². The van der Waals surface area contributed by atoms with Crippen LogP contribution in [0.2, 0.25) is 0 Å². The van der Waals surface area contributed by atoms with Gasteiger partial charge in [0.2, 0.25) is 5.91 Å². The second-order valence-corrected chi connectivity index (χ2v) is 8.65. The van der Waals surface area contributed by atoms with E-state index in [0.717, 1.165) is 74.9 Å². The van der Waals surface area contributed by atoms with Crippen molar-refractivity contribution in [1.82, 2.24) is 19.9 Å². The minimum atomic E-state index is 0.198. The standard InChI is InChI=1S/C26H30N6O/c1-2-21-18-24(29-26(28-21)22-10-5-6-12-27-22)31-16-14-30(15-17-31)19-25(33)32-13-7-9-20-8-3-4-11-23(20)32/h3-6,8,10-12,18H,2,7,9,13-17,19H2,1H3. The molecule has 170 valence electrons. The van der Waals surface area contributed by atoms with Gasteiger partial charge in [0, 0.05) is 56.4 Å². The van der Waals surface area contributed by atoms with Crippen molar-refractivity contribution in [2.24, 2.45) is 0 Å². The maximum absolute atomic E-state index is 13.1. The van der Waals surface area contributed by atoms with Crippen LogP contribution in [0, 0.1) is 0 Å². The number of aromatic nitrogens is 3. The summed E-state index contributed by atoms with van der Waals surface area (Å²) in [6.07, 6.45) is 4.70. The summed E-state index contributed by atoms with van der Waals surface area (Å²) >= 11 is 0. The maximum Gasteiger partial charge on any atom is 0.241 e. The summed E-state index contributed by atoms with van der Waals surface area (Å²) in [6, 6.07) is 16.2. The zero-order valence-electron chi connectivity index (χ0n) is 19.2. The fourth-order valence-electron chi connectivity index (χ4n) is 4.64. The van der Waals surface area contributed by atoms with E-state index in [1.54, 1.807) is 6.20 Å². The molecular formula is C26H30N6O. The van der Waals surface area contributed by atoms with Crippen LogP contribution in [-0.2, 0) is 17.6 Å². The van der Waals surface area contributed by atoms with E-state index in [1.165, 1.54) is 5.56 Å². The second kappa shape index (κ2) is 9.67. The molecule has 1 aromatic carbocycles. The van der Waals surface area contributed by atoms with Gasteiger partial charge < -0.3 is 9.80 Å². The smallest absolute Gasteiger partial charge is 0.241 e. The first-order valence-electron chi connectivity index (χ1n) is 11.9. The van der Waals surface area contributed by atoms with Gasteiger partial charge in [0.05, 0.1) is 6.54 Å². The maximum atomic E-state index is 13.1. The van der Waals surface area contributed by atoms with E-state index < -0.39 is 0 Å². The van der Waals surface area contributed by atoms with E-state index in [9.17, 15) is 4.79 Å². The van der Waals surface area contributed by atoms with Gasteiger partial charge in [-0.3, -0.25) is 14.7 Å². The third-order valence-corrected chi connectivity index (χ3v) is 6.49. The molecule has 4 heterocycles. The van der Waals surface area contributed by atoms with Gasteiger partial charge in [0.25, 0.3) is 0 Å². The molecule has 0 spiro atoms. The van der Waals surface area contributed by atoms with Crippen molar-refractivity contribution in [1.29, 1.82) is 0 Å². The Hall–Kier alpha value is -3.32. The summed E-state index contributed by atoms with van der Waals surface area (Å²) in [7, 11) is 0. The highest BCUT2D eigenvalue weighted by atomic mass is 16.2. The van der Waals surface area contributed by atoms with Crippen molar-refractivity contribution in [2.75, 3.05) is 49.1 Å². The van der Waals surface area contributed by atoms with E-state index >= 15 is 0 Å². The number of nitrogens with zero attached hydrogens (tertiary/aromatic N) is 6. The van der Waals surface area contributed by atoms with Gasteiger partial charge in [-0.15, -0.1) is 0 Å². The molecule has 3 aromatic rings. The Bertz CT molecular complexity index is 1110. The van der Waals surface area contributed by atoms with Crippen molar-refractivity contribution in [3.8, 4) is 11.5 Å². The summed E-state index contributed by atoms with van der Waals surface area (Å²) in [5.41, 5.74) is 4.17. The van der Waals surface area contributed by atoms with Crippen molar-refractivity contribution < 1.29 is 4.79 Å². The highest BCUT2D eigenvalue weighted by molar-refractivity contribution is 5.96. The Labute approximate surface area is 195 Å². The number of para-hydroxylation sites is 1. The monoisotopic (exact) mass is 442 g/mol. The molecule has 2 aliphatic rings. The summed E-state index contributed by atoms with van der Waals surface area (Å²) in [5.74, 6) is 1.81. The Kier molecular flexibility index (Phi) is 6.30. The van der Waals surface area contributed by atoms with Crippen molar-refractivity contribution in [3.05, 3.63) is 66.0 Å². The van der Waals surface area contributed by atoms with E-state index in [2.05, 4.69) is 51.0 Å². The minimum Gasteiger partial charge on any atom is -0.354 e. The Balaban J connectivity index is 1.24. The lowest BCUT2D eigenvalue weighted by molar-refractivity contribution is -0.119. The molecule has 0 aliphatic carbocycles. The molecule has 1 fully saturated rings. The van der Waals surface area contributed by atoms with Gasteiger partial charge in [-0.25, -0.2) is 9.97 Å². The quantitative estimate of drug-likeness (QED) is 0.605. The van der Waals surface area contributed by atoms with Crippen molar-refractivity contribution in [3.63, 3.8) is 0 Å². The average Bonchev–Trinajstić information content (AvgIpc) is 2.89. The molecule has 0 atom stereocenters. The van der Waals surface area contributed by atoms with Crippen molar-refractivity contribution in [2.45, 2.75) is 26.2 Å². The number of carbonyl (C=O) groups excluding carboxylic acids is 1. The first-order valence-corrected chi connectivity index (χ1v) is 11.9. The molecule has 0 bridgehead atoms. The molecule has 2 aromatic heterocycles. The number of carbonyl (C=O) groups is 1. The molecule has 2 aliphatic heterocycles. The average molecular weight is 443 g/mol. The number of piperazine rings is 1. The number of aryl methyl sites for hydroxylation is 2. The Morgan fingerprint density at radius 3 is 2.58 bits per heavy atom. The highest BCUT2D eigenvalue weighted by Gasteiger charge is 2.26. The second-order valence-electron chi connectivity index (χ2n) is 8.65. The van der Waals surface area contributed by atoms with Gasteiger partial charge >= 0.3 is 0 Å².